The summed E-state index contributed by atoms with van der Waals surface area (Å²) in [6.07, 6.45) is 1.25. The van der Waals surface area contributed by atoms with Gasteiger partial charge in [0.05, 0.1) is 4.92 Å². The van der Waals surface area contributed by atoms with Crippen LogP contribution in [0.5, 0.6) is 0 Å². The van der Waals surface area contributed by atoms with Gasteiger partial charge >= 0.3 is 5.69 Å². The number of hydrogen-bond donors (Lipinski definition) is 2. The van der Waals surface area contributed by atoms with Gasteiger partial charge in [-0.05, 0) is 24.3 Å². The molecule has 0 saturated carbocycles. The molecular weight excluding hydrogens is 296 g/mol. The molecule has 2 N–H and O–H groups in total. The number of benzene rings is 1. The second kappa shape index (κ2) is 6.33. The number of rotatable bonds is 5. The van der Waals surface area contributed by atoms with Gasteiger partial charge in [0.25, 0.3) is 0 Å². The second-order valence-corrected chi connectivity index (χ2v) is 4.75. The Bertz CT molecular complexity index is 647. The molecule has 0 bridgehead atoms. The van der Waals surface area contributed by atoms with Crippen LogP contribution in [0, 0.1) is 10.1 Å². The van der Waals surface area contributed by atoms with Gasteiger partial charge < -0.3 is 5.32 Å². The average Bonchev–Trinajstić information content (AvgIpc) is 2.40. The van der Waals surface area contributed by atoms with Crippen LogP contribution in [0.2, 0.25) is 5.02 Å². The van der Waals surface area contributed by atoms with Crippen LogP contribution in [-0.4, -0.2) is 34.0 Å². The highest BCUT2D eigenvalue weighted by Gasteiger charge is 2.23. The lowest BCUT2D eigenvalue weighted by Crippen LogP contribution is -2.21. The Morgan fingerprint density at radius 3 is 2.38 bits per heavy atom. The number of hydrogen-bond acceptors (Lipinski definition) is 7. The Balaban J connectivity index is 2.38. The first kappa shape index (κ1) is 14.9. The van der Waals surface area contributed by atoms with Crippen LogP contribution in [0.4, 0.5) is 23.0 Å². The van der Waals surface area contributed by atoms with Crippen LogP contribution >= 0.6 is 11.6 Å². The van der Waals surface area contributed by atoms with Crippen molar-refractivity contribution >= 4 is 34.6 Å². The van der Waals surface area contributed by atoms with Crippen molar-refractivity contribution in [1.82, 2.24) is 15.0 Å². The average molecular weight is 309 g/mol. The number of nitrogens with zero attached hydrogens (tertiary/aromatic N) is 4. The minimum absolute atomic E-state index is 0.0988. The molecule has 1 aromatic carbocycles. The lowest BCUT2D eigenvalue weighted by Gasteiger charge is -2.14. The van der Waals surface area contributed by atoms with Gasteiger partial charge in [-0.1, -0.05) is 11.6 Å². The Hall–Kier alpha value is -2.45. The molecule has 8 nitrogen and oxygen atoms in total. The van der Waals surface area contributed by atoms with E-state index in [1.807, 2.05) is 0 Å². The van der Waals surface area contributed by atoms with Crippen molar-refractivity contribution in [2.24, 2.45) is 0 Å². The Labute approximate surface area is 125 Å². The largest absolute Gasteiger partial charge is 0.354 e. The lowest BCUT2D eigenvalue weighted by atomic mass is 10.3. The first-order valence-electron chi connectivity index (χ1n) is 5.93. The van der Waals surface area contributed by atoms with Crippen molar-refractivity contribution in [3.63, 3.8) is 0 Å². The highest BCUT2D eigenvalue weighted by molar-refractivity contribution is 6.30. The zero-order valence-electron chi connectivity index (χ0n) is 11.4. The van der Waals surface area contributed by atoms with Gasteiger partial charge in [0.15, 0.2) is 0 Å². The molecular formula is C12H13ClN6O2. The van der Waals surface area contributed by atoms with Crippen LogP contribution in [0.1, 0.15) is 0 Å². The van der Waals surface area contributed by atoms with Crippen LogP contribution in [0.25, 0.3) is 0 Å². The fourth-order valence-electron chi connectivity index (χ4n) is 1.61. The van der Waals surface area contributed by atoms with E-state index in [9.17, 15) is 10.1 Å². The molecule has 9 heteroatoms. The molecule has 0 amide bonds. The van der Waals surface area contributed by atoms with Gasteiger partial charge in [-0.25, -0.2) is 15.0 Å². The van der Waals surface area contributed by atoms with Gasteiger partial charge in [-0.15, -0.1) is 0 Å². The van der Waals surface area contributed by atoms with Crippen molar-refractivity contribution in [2.75, 3.05) is 24.8 Å². The van der Waals surface area contributed by atoms with Gasteiger partial charge in [0.1, 0.15) is 6.33 Å². The number of nitrogens with one attached hydrogen (secondary N) is 2. The highest BCUT2D eigenvalue weighted by Crippen LogP contribution is 2.31. The summed E-state index contributed by atoms with van der Waals surface area (Å²) in [6, 6.07) is 6.76. The van der Waals surface area contributed by atoms with E-state index in [1.165, 1.54) is 6.33 Å². The Morgan fingerprint density at radius 1 is 1.19 bits per heavy atom. The molecule has 0 aliphatic carbocycles. The maximum absolute atomic E-state index is 11.3. The molecule has 21 heavy (non-hydrogen) atoms. The molecule has 110 valence electrons. The highest BCUT2D eigenvalue weighted by atomic mass is 35.5. The third-order valence-corrected chi connectivity index (χ3v) is 2.69. The summed E-state index contributed by atoms with van der Waals surface area (Å²) in [7, 11) is 3.41. The minimum atomic E-state index is -0.538. The third-order valence-electron chi connectivity index (χ3n) is 2.44. The lowest BCUT2D eigenvalue weighted by molar-refractivity contribution is -0.383. The molecule has 0 unspecified atom stereocenters. The molecule has 1 aromatic heterocycles. The van der Waals surface area contributed by atoms with E-state index in [4.69, 9.17) is 11.6 Å². The van der Waals surface area contributed by atoms with E-state index in [2.05, 4.69) is 20.7 Å². The van der Waals surface area contributed by atoms with E-state index in [0.717, 1.165) is 0 Å². The predicted octanol–water partition coefficient (Wildman–Crippen LogP) is 2.67. The van der Waals surface area contributed by atoms with E-state index in [0.29, 0.717) is 10.7 Å². The van der Waals surface area contributed by atoms with Gasteiger partial charge in [-0.2, -0.15) is 0 Å². The summed E-state index contributed by atoms with van der Waals surface area (Å²) in [5.74, 6) is 0.207. The smallest absolute Gasteiger partial charge is 0.334 e. The standard InChI is InChI=1S/C12H13ClN6O2/c1-18(2)17-12-10(19(20)21)11(14-7-15-12)16-9-5-3-8(13)4-6-9/h3-7H,1-2H3,(H2,14,15,16,17). The number of hydrazine groups is 1. The van der Waals surface area contributed by atoms with Crippen LogP contribution < -0.4 is 10.7 Å². The molecule has 0 radical (unpaired) electrons. The summed E-state index contributed by atoms with van der Waals surface area (Å²) >= 11 is 5.80. The SMILES string of the molecule is CN(C)Nc1ncnc(Nc2ccc(Cl)cc2)c1[N+](=O)[O-]. The first-order valence-corrected chi connectivity index (χ1v) is 6.31. The number of nitro groups is 1. The molecule has 2 aromatic rings. The fourth-order valence-corrected chi connectivity index (χ4v) is 1.73. The molecule has 2 rings (SSSR count). The van der Waals surface area contributed by atoms with Crippen molar-refractivity contribution < 1.29 is 4.92 Å². The Morgan fingerprint density at radius 2 is 1.81 bits per heavy atom. The number of halogens is 1. The molecule has 0 saturated heterocycles. The van der Waals surface area contributed by atoms with E-state index >= 15 is 0 Å². The zero-order chi connectivity index (χ0) is 15.4. The molecule has 1 heterocycles. The van der Waals surface area contributed by atoms with E-state index < -0.39 is 4.92 Å². The van der Waals surface area contributed by atoms with Crippen molar-refractivity contribution in [3.05, 3.63) is 45.7 Å². The topological polar surface area (TPSA) is 96.2 Å². The summed E-state index contributed by atoms with van der Waals surface area (Å²) in [4.78, 5) is 18.6. The maximum Gasteiger partial charge on any atom is 0.354 e. The van der Waals surface area contributed by atoms with E-state index in [1.54, 1.807) is 43.4 Å². The molecule has 0 aliphatic rings. The monoisotopic (exact) mass is 308 g/mol. The third kappa shape index (κ3) is 3.77. The molecule has 0 aliphatic heterocycles. The fraction of sp³-hybridized carbons (Fsp3) is 0.167. The second-order valence-electron chi connectivity index (χ2n) is 4.31. The van der Waals surface area contributed by atoms with E-state index in [-0.39, 0.29) is 17.3 Å². The van der Waals surface area contributed by atoms with Gasteiger partial charge in [0, 0.05) is 24.8 Å². The van der Waals surface area contributed by atoms with Crippen molar-refractivity contribution in [3.8, 4) is 0 Å². The van der Waals surface area contributed by atoms with Crippen molar-refractivity contribution in [1.29, 1.82) is 0 Å². The summed E-state index contributed by atoms with van der Waals surface area (Å²) in [5.41, 5.74) is 3.17. The quantitative estimate of drug-likeness (QED) is 0.647. The first-order chi connectivity index (χ1) is 9.97. The molecule has 0 atom stereocenters. The van der Waals surface area contributed by atoms with Crippen LogP contribution in [0.3, 0.4) is 0 Å². The zero-order valence-corrected chi connectivity index (χ0v) is 12.1. The van der Waals surface area contributed by atoms with Gasteiger partial charge in [0.2, 0.25) is 11.6 Å². The summed E-state index contributed by atoms with van der Waals surface area (Å²) < 4.78 is 0. The van der Waals surface area contributed by atoms with Crippen LogP contribution in [-0.2, 0) is 0 Å². The summed E-state index contributed by atoms with van der Waals surface area (Å²) in [6.45, 7) is 0. The molecule has 0 spiro atoms. The van der Waals surface area contributed by atoms with Crippen LogP contribution in [0.15, 0.2) is 30.6 Å². The summed E-state index contributed by atoms with van der Waals surface area (Å²) in [5, 5.41) is 16.3. The minimum Gasteiger partial charge on any atom is -0.334 e. The maximum atomic E-state index is 11.3. The molecule has 0 fully saturated rings. The normalized spacial score (nSPS) is 10.5. The van der Waals surface area contributed by atoms with Crippen molar-refractivity contribution in [2.45, 2.75) is 0 Å². The Kier molecular flexibility index (Phi) is 4.51. The predicted molar refractivity (Wildman–Crippen MR) is 80.7 cm³/mol. The van der Waals surface area contributed by atoms with Gasteiger partial charge in [-0.3, -0.25) is 15.5 Å². The number of aromatic nitrogens is 2. The number of anilines is 3.